The molecule has 1 nitrogen and oxygen atoms in total. The zero-order chi connectivity index (χ0) is 10.5. The maximum absolute atomic E-state index is 3.58. The molecule has 0 radical (unpaired) electrons. The summed E-state index contributed by atoms with van der Waals surface area (Å²) in [4.78, 5) is 0. The van der Waals surface area contributed by atoms with Crippen LogP contribution in [0.25, 0.3) is 0 Å². The Labute approximate surface area is 100 Å². The van der Waals surface area contributed by atoms with E-state index in [1.807, 2.05) is 0 Å². The van der Waals surface area contributed by atoms with Gasteiger partial charge in [0.05, 0.1) is 0 Å². The van der Waals surface area contributed by atoms with Crippen LogP contribution in [0.3, 0.4) is 0 Å². The minimum absolute atomic E-state index is 0.855. The zero-order valence-electron chi connectivity index (χ0n) is 9.01. The van der Waals surface area contributed by atoms with Gasteiger partial charge in [0.25, 0.3) is 0 Å². The Morgan fingerprint density at radius 3 is 2.73 bits per heavy atom. The summed E-state index contributed by atoms with van der Waals surface area (Å²) in [5.41, 5.74) is 1.43. The van der Waals surface area contributed by atoms with Gasteiger partial charge in [0.2, 0.25) is 0 Å². The number of nitrogens with one attached hydrogen (secondary N) is 1. The van der Waals surface area contributed by atoms with Crippen molar-refractivity contribution in [2.24, 2.45) is 0 Å². The van der Waals surface area contributed by atoms with Gasteiger partial charge in [0, 0.05) is 10.5 Å². The fraction of sp³-hybridized carbons (Fsp3) is 0.538. The van der Waals surface area contributed by atoms with Gasteiger partial charge in [-0.3, -0.25) is 0 Å². The Balaban J connectivity index is 1.62. The lowest BCUT2D eigenvalue weighted by atomic mass is 10.1. The van der Waals surface area contributed by atoms with E-state index in [-0.39, 0.29) is 0 Å². The summed E-state index contributed by atoms with van der Waals surface area (Å²) in [6, 6.07) is 9.37. The summed E-state index contributed by atoms with van der Waals surface area (Å²) >= 11 is 3.58. The van der Waals surface area contributed by atoms with Crippen LogP contribution in [0.1, 0.15) is 31.2 Å². The van der Waals surface area contributed by atoms with Crippen LogP contribution in [-0.2, 0) is 6.42 Å². The summed E-state index contributed by atoms with van der Waals surface area (Å²) in [5, 5.41) is 3.55. The zero-order valence-corrected chi connectivity index (χ0v) is 10.6. The van der Waals surface area contributed by atoms with Crippen molar-refractivity contribution in [1.82, 2.24) is 5.32 Å². The molecular formula is C13H18BrN. The van der Waals surface area contributed by atoms with Crippen LogP contribution in [-0.4, -0.2) is 12.6 Å². The van der Waals surface area contributed by atoms with Crippen molar-refractivity contribution in [2.75, 3.05) is 6.54 Å². The number of halogens is 1. The topological polar surface area (TPSA) is 12.0 Å². The van der Waals surface area contributed by atoms with Gasteiger partial charge in [-0.1, -0.05) is 34.1 Å². The predicted molar refractivity (Wildman–Crippen MR) is 68.1 cm³/mol. The van der Waals surface area contributed by atoms with Crippen LogP contribution in [0.5, 0.6) is 0 Å². The summed E-state index contributed by atoms with van der Waals surface area (Å²) in [6.45, 7) is 1.19. The first kappa shape index (κ1) is 11.2. The molecule has 0 saturated heterocycles. The number of benzene rings is 1. The summed E-state index contributed by atoms with van der Waals surface area (Å²) in [6.07, 6.45) is 6.54. The van der Waals surface area contributed by atoms with Gasteiger partial charge in [-0.05, 0) is 50.3 Å². The Morgan fingerprint density at radius 1 is 1.20 bits per heavy atom. The van der Waals surface area contributed by atoms with E-state index < -0.39 is 0 Å². The highest BCUT2D eigenvalue weighted by molar-refractivity contribution is 9.10. The van der Waals surface area contributed by atoms with Crippen molar-refractivity contribution >= 4 is 15.9 Å². The van der Waals surface area contributed by atoms with E-state index in [1.165, 1.54) is 48.7 Å². The summed E-state index contributed by atoms with van der Waals surface area (Å²) in [7, 11) is 0. The molecule has 0 aromatic heterocycles. The van der Waals surface area contributed by atoms with Gasteiger partial charge in [0.1, 0.15) is 0 Å². The second-order valence-corrected chi connectivity index (χ2v) is 5.13. The molecule has 0 unspecified atom stereocenters. The van der Waals surface area contributed by atoms with Crippen LogP contribution < -0.4 is 5.32 Å². The van der Waals surface area contributed by atoms with Gasteiger partial charge < -0.3 is 5.32 Å². The van der Waals surface area contributed by atoms with Crippen molar-refractivity contribution in [2.45, 2.75) is 38.1 Å². The van der Waals surface area contributed by atoms with Crippen molar-refractivity contribution in [3.63, 3.8) is 0 Å². The average Bonchev–Trinajstić information content (AvgIpc) is 3.04. The maximum Gasteiger partial charge on any atom is 0.0207 e. The molecule has 2 heteroatoms. The number of rotatable bonds is 6. The molecule has 1 aromatic carbocycles. The quantitative estimate of drug-likeness (QED) is 0.778. The predicted octanol–water partition coefficient (Wildman–Crippen LogP) is 3.52. The van der Waals surface area contributed by atoms with Crippen molar-refractivity contribution in [3.05, 3.63) is 34.3 Å². The molecule has 0 amide bonds. The van der Waals surface area contributed by atoms with Gasteiger partial charge >= 0.3 is 0 Å². The average molecular weight is 268 g/mol. The third kappa shape index (κ3) is 3.96. The largest absolute Gasteiger partial charge is 0.314 e. The van der Waals surface area contributed by atoms with Crippen LogP contribution in [0.2, 0.25) is 0 Å². The van der Waals surface area contributed by atoms with E-state index in [1.54, 1.807) is 0 Å². The Hall–Kier alpha value is -0.340. The molecule has 1 aliphatic rings. The number of unbranched alkanes of at least 4 members (excludes halogenated alkanes) is 1. The van der Waals surface area contributed by atoms with E-state index in [4.69, 9.17) is 0 Å². The molecule has 82 valence electrons. The Morgan fingerprint density at radius 2 is 2.00 bits per heavy atom. The van der Waals surface area contributed by atoms with E-state index in [0.717, 1.165) is 6.04 Å². The second-order valence-electron chi connectivity index (χ2n) is 4.28. The molecule has 0 aliphatic heterocycles. The summed E-state index contributed by atoms with van der Waals surface area (Å²) < 4.78 is 1.25. The molecule has 0 bridgehead atoms. The van der Waals surface area contributed by atoms with Crippen molar-refractivity contribution in [3.8, 4) is 0 Å². The van der Waals surface area contributed by atoms with Gasteiger partial charge in [-0.15, -0.1) is 0 Å². The second kappa shape index (κ2) is 5.66. The number of aryl methyl sites for hydroxylation is 1. The lowest BCUT2D eigenvalue weighted by Crippen LogP contribution is -2.17. The molecule has 1 fully saturated rings. The molecule has 1 aromatic rings. The summed E-state index contributed by atoms with van der Waals surface area (Å²) in [5.74, 6) is 0. The lowest BCUT2D eigenvalue weighted by molar-refractivity contribution is 0.619. The Kier molecular flexibility index (Phi) is 4.21. The molecule has 2 rings (SSSR count). The molecule has 15 heavy (non-hydrogen) atoms. The van der Waals surface area contributed by atoms with Crippen LogP contribution >= 0.6 is 15.9 Å². The van der Waals surface area contributed by atoms with E-state index in [9.17, 15) is 0 Å². The first-order valence-electron chi connectivity index (χ1n) is 5.83. The first-order valence-corrected chi connectivity index (χ1v) is 6.62. The number of hydrogen-bond donors (Lipinski definition) is 1. The first-order chi connectivity index (χ1) is 7.36. The third-order valence-corrected chi connectivity index (χ3v) is 3.61. The van der Waals surface area contributed by atoms with Crippen LogP contribution in [0, 0.1) is 0 Å². The minimum atomic E-state index is 0.855. The SMILES string of the molecule is Brc1ccccc1CCCCNC1CC1. The van der Waals surface area contributed by atoms with Crippen molar-refractivity contribution < 1.29 is 0 Å². The maximum atomic E-state index is 3.58. The van der Waals surface area contributed by atoms with Crippen LogP contribution in [0.4, 0.5) is 0 Å². The Bertz CT molecular complexity index is 307. The minimum Gasteiger partial charge on any atom is -0.314 e. The molecule has 0 atom stereocenters. The van der Waals surface area contributed by atoms with Gasteiger partial charge in [-0.2, -0.15) is 0 Å². The monoisotopic (exact) mass is 267 g/mol. The standard InChI is InChI=1S/C13H18BrN/c14-13-7-2-1-5-11(13)6-3-4-10-15-12-8-9-12/h1-2,5,7,12,15H,3-4,6,8-10H2. The molecular weight excluding hydrogens is 250 g/mol. The highest BCUT2D eigenvalue weighted by atomic mass is 79.9. The smallest absolute Gasteiger partial charge is 0.0207 e. The fourth-order valence-electron chi connectivity index (χ4n) is 1.74. The molecule has 0 heterocycles. The van der Waals surface area contributed by atoms with Gasteiger partial charge in [-0.25, -0.2) is 0 Å². The molecule has 0 spiro atoms. The number of hydrogen-bond acceptors (Lipinski definition) is 1. The highest BCUT2D eigenvalue weighted by Gasteiger charge is 2.19. The van der Waals surface area contributed by atoms with E-state index >= 15 is 0 Å². The van der Waals surface area contributed by atoms with Gasteiger partial charge in [0.15, 0.2) is 0 Å². The lowest BCUT2D eigenvalue weighted by Gasteiger charge is -2.04. The van der Waals surface area contributed by atoms with E-state index in [2.05, 4.69) is 45.5 Å². The normalized spacial score (nSPS) is 15.5. The molecule has 1 N–H and O–H groups in total. The third-order valence-electron chi connectivity index (χ3n) is 2.84. The fourth-order valence-corrected chi connectivity index (χ4v) is 2.22. The van der Waals surface area contributed by atoms with Crippen LogP contribution in [0.15, 0.2) is 28.7 Å². The molecule has 1 aliphatic carbocycles. The highest BCUT2D eigenvalue weighted by Crippen LogP contribution is 2.19. The van der Waals surface area contributed by atoms with E-state index in [0.29, 0.717) is 0 Å². The molecule has 1 saturated carbocycles. The van der Waals surface area contributed by atoms with Crippen molar-refractivity contribution in [1.29, 1.82) is 0 Å².